The zero-order chi connectivity index (χ0) is 18.6. The van der Waals surface area contributed by atoms with Crippen LogP contribution >= 0.6 is 23.1 Å². The van der Waals surface area contributed by atoms with E-state index in [9.17, 15) is 4.79 Å². The number of hydrogen-bond donors (Lipinski definition) is 1. The normalized spacial score (nSPS) is 11.8. The molecule has 1 heterocycles. The van der Waals surface area contributed by atoms with Gasteiger partial charge in [0.25, 0.3) is 5.91 Å². The van der Waals surface area contributed by atoms with Crippen LogP contribution < -0.4 is 5.43 Å². The maximum Gasteiger partial charge on any atom is 0.250 e. The Labute approximate surface area is 165 Å². The zero-order valence-corrected chi connectivity index (χ0v) is 16.3. The smallest absolute Gasteiger partial charge is 0.250 e. The molecule has 6 heteroatoms. The highest BCUT2D eigenvalue weighted by Crippen LogP contribution is 2.29. The Kier molecular flexibility index (Phi) is 5.18. The van der Waals surface area contributed by atoms with Crippen LogP contribution in [0.3, 0.4) is 0 Å². The summed E-state index contributed by atoms with van der Waals surface area (Å²) in [7, 11) is 0. The van der Waals surface area contributed by atoms with Gasteiger partial charge in [-0.15, -0.1) is 11.3 Å². The fraction of sp³-hybridized carbons (Fsp3) is 0.0952. The zero-order valence-electron chi connectivity index (χ0n) is 14.7. The van der Waals surface area contributed by atoms with E-state index in [0.29, 0.717) is 0 Å². The lowest BCUT2D eigenvalue weighted by Gasteiger charge is -2.06. The summed E-state index contributed by atoms with van der Waals surface area (Å²) in [4.78, 5) is 16.7. The third-order valence-corrected chi connectivity index (χ3v) is 6.31. The molecule has 0 spiro atoms. The van der Waals surface area contributed by atoms with Gasteiger partial charge in [0.05, 0.1) is 21.7 Å². The molecule has 0 radical (unpaired) electrons. The van der Waals surface area contributed by atoms with Gasteiger partial charge >= 0.3 is 0 Å². The lowest BCUT2D eigenvalue weighted by Crippen LogP contribution is -2.21. The molecule has 0 fully saturated rings. The third-order valence-electron chi connectivity index (χ3n) is 4.13. The second-order valence-corrected chi connectivity index (χ2v) is 8.25. The molecule has 4 aromatic rings. The fourth-order valence-corrected chi connectivity index (χ4v) is 4.68. The number of benzene rings is 3. The topological polar surface area (TPSA) is 54.4 Å². The van der Waals surface area contributed by atoms with E-state index < -0.39 is 0 Å². The number of thiazole rings is 1. The predicted molar refractivity (Wildman–Crippen MR) is 115 cm³/mol. The number of hydrazone groups is 1. The van der Waals surface area contributed by atoms with E-state index in [-0.39, 0.29) is 11.7 Å². The van der Waals surface area contributed by atoms with Gasteiger partial charge in [0.2, 0.25) is 0 Å². The monoisotopic (exact) mass is 391 g/mol. The number of hydrogen-bond acceptors (Lipinski definition) is 5. The van der Waals surface area contributed by atoms with Gasteiger partial charge in [0.1, 0.15) is 0 Å². The minimum atomic E-state index is -0.140. The molecule has 0 saturated heterocycles. The van der Waals surface area contributed by atoms with Gasteiger partial charge in [-0.2, -0.15) is 5.10 Å². The lowest BCUT2D eigenvalue weighted by molar-refractivity contribution is -0.118. The van der Waals surface area contributed by atoms with E-state index in [0.717, 1.165) is 36.6 Å². The van der Waals surface area contributed by atoms with E-state index in [1.165, 1.54) is 11.8 Å². The third kappa shape index (κ3) is 4.02. The molecule has 1 N–H and O–H groups in total. The highest BCUT2D eigenvalue weighted by molar-refractivity contribution is 8.01. The summed E-state index contributed by atoms with van der Waals surface area (Å²) in [5, 5.41) is 6.57. The molecule has 0 saturated carbocycles. The quantitative estimate of drug-likeness (QED) is 0.293. The number of nitrogens with zero attached hydrogens (tertiary/aromatic N) is 2. The van der Waals surface area contributed by atoms with Crippen LogP contribution in [0.1, 0.15) is 12.5 Å². The molecule has 0 aliphatic heterocycles. The largest absolute Gasteiger partial charge is 0.272 e. The van der Waals surface area contributed by atoms with Gasteiger partial charge in [-0.1, -0.05) is 66.4 Å². The molecular formula is C21H17N3OS2. The Morgan fingerprint density at radius 1 is 1.07 bits per heavy atom. The summed E-state index contributed by atoms with van der Waals surface area (Å²) >= 11 is 3.03. The minimum absolute atomic E-state index is 0.140. The van der Waals surface area contributed by atoms with Crippen molar-refractivity contribution in [2.45, 2.75) is 11.3 Å². The van der Waals surface area contributed by atoms with Gasteiger partial charge in [0, 0.05) is 5.56 Å². The van der Waals surface area contributed by atoms with Crippen molar-refractivity contribution in [2.75, 3.05) is 5.75 Å². The maximum absolute atomic E-state index is 12.2. The first kappa shape index (κ1) is 17.7. The van der Waals surface area contributed by atoms with Crippen LogP contribution in [-0.2, 0) is 4.79 Å². The average molecular weight is 392 g/mol. The van der Waals surface area contributed by atoms with E-state index in [1.54, 1.807) is 11.3 Å². The molecule has 0 aliphatic carbocycles. The van der Waals surface area contributed by atoms with E-state index in [4.69, 9.17) is 0 Å². The Balaban J connectivity index is 1.41. The molecule has 4 rings (SSSR count). The highest BCUT2D eigenvalue weighted by Gasteiger charge is 2.08. The molecule has 1 aromatic heterocycles. The number of nitrogens with one attached hydrogen (secondary N) is 1. The molecule has 0 bridgehead atoms. The van der Waals surface area contributed by atoms with Gasteiger partial charge in [0.15, 0.2) is 4.34 Å². The second kappa shape index (κ2) is 7.90. The standard InChI is InChI=1S/C21H17N3OS2/c1-14(16-10-6-8-15-7-2-3-9-17(15)16)23-24-20(25)13-26-21-22-18-11-4-5-12-19(18)27-21/h2-12H,13H2,1H3,(H,24,25)/b23-14-. The predicted octanol–water partition coefficient (Wildman–Crippen LogP) is 5.08. The summed E-state index contributed by atoms with van der Waals surface area (Å²) in [6.45, 7) is 1.91. The Morgan fingerprint density at radius 2 is 1.85 bits per heavy atom. The summed E-state index contributed by atoms with van der Waals surface area (Å²) in [6, 6.07) is 22.2. The van der Waals surface area contributed by atoms with Crippen molar-refractivity contribution in [1.82, 2.24) is 10.4 Å². The first-order valence-electron chi connectivity index (χ1n) is 8.50. The number of thioether (sulfide) groups is 1. The van der Waals surface area contributed by atoms with Crippen molar-refractivity contribution >= 4 is 55.7 Å². The molecule has 0 atom stereocenters. The number of aromatic nitrogens is 1. The Hall–Kier alpha value is -2.70. The van der Waals surface area contributed by atoms with Gasteiger partial charge < -0.3 is 0 Å². The van der Waals surface area contributed by atoms with Crippen molar-refractivity contribution < 1.29 is 4.79 Å². The van der Waals surface area contributed by atoms with Gasteiger partial charge in [-0.25, -0.2) is 10.4 Å². The number of para-hydroxylation sites is 1. The van der Waals surface area contributed by atoms with Crippen molar-refractivity contribution in [3.05, 3.63) is 72.3 Å². The summed E-state index contributed by atoms with van der Waals surface area (Å²) in [6.07, 6.45) is 0. The first-order chi connectivity index (χ1) is 13.2. The number of rotatable bonds is 5. The van der Waals surface area contributed by atoms with E-state index in [2.05, 4.69) is 33.7 Å². The van der Waals surface area contributed by atoms with Crippen LogP contribution in [0.15, 0.2) is 76.2 Å². The van der Waals surface area contributed by atoms with Gasteiger partial charge in [-0.05, 0) is 29.8 Å². The number of fused-ring (bicyclic) bond motifs is 2. The molecule has 134 valence electrons. The van der Waals surface area contributed by atoms with Crippen LogP contribution in [0.4, 0.5) is 0 Å². The molecule has 27 heavy (non-hydrogen) atoms. The summed E-state index contributed by atoms with van der Waals surface area (Å²) in [5.41, 5.74) is 5.43. The Bertz CT molecular complexity index is 1110. The molecule has 1 amide bonds. The second-order valence-electron chi connectivity index (χ2n) is 6.00. The number of amides is 1. The Morgan fingerprint density at radius 3 is 2.74 bits per heavy atom. The maximum atomic E-state index is 12.2. The van der Waals surface area contributed by atoms with Crippen molar-refractivity contribution in [1.29, 1.82) is 0 Å². The van der Waals surface area contributed by atoms with Gasteiger partial charge in [-0.3, -0.25) is 4.79 Å². The van der Waals surface area contributed by atoms with Crippen LogP contribution in [0.25, 0.3) is 21.0 Å². The summed E-state index contributed by atoms with van der Waals surface area (Å²) < 4.78 is 2.02. The summed E-state index contributed by atoms with van der Waals surface area (Å²) in [5.74, 6) is 0.144. The van der Waals surface area contributed by atoms with Crippen molar-refractivity contribution in [2.24, 2.45) is 5.10 Å². The molecular weight excluding hydrogens is 374 g/mol. The minimum Gasteiger partial charge on any atom is -0.272 e. The van der Waals surface area contributed by atoms with Crippen molar-refractivity contribution in [3.8, 4) is 0 Å². The fourth-order valence-electron chi connectivity index (χ4n) is 2.82. The number of carbonyl (C=O) groups is 1. The SMILES string of the molecule is C/C(=N/NC(=O)CSc1nc2ccccc2s1)c1cccc2ccccc12. The molecule has 0 unspecified atom stereocenters. The highest BCUT2D eigenvalue weighted by atomic mass is 32.2. The van der Waals surface area contributed by atoms with Crippen LogP contribution in [0.5, 0.6) is 0 Å². The lowest BCUT2D eigenvalue weighted by atomic mass is 10.0. The van der Waals surface area contributed by atoms with E-state index in [1.807, 2.05) is 55.5 Å². The van der Waals surface area contributed by atoms with E-state index >= 15 is 0 Å². The van der Waals surface area contributed by atoms with Crippen LogP contribution in [0, 0.1) is 0 Å². The van der Waals surface area contributed by atoms with Crippen LogP contribution in [-0.4, -0.2) is 22.4 Å². The van der Waals surface area contributed by atoms with Crippen molar-refractivity contribution in [3.63, 3.8) is 0 Å². The molecule has 4 nitrogen and oxygen atoms in total. The number of carbonyl (C=O) groups excluding carboxylic acids is 1. The first-order valence-corrected chi connectivity index (χ1v) is 10.3. The average Bonchev–Trinajstić information content (AvgIpc) is 3.13. The molecule has 0 aliphatic rings. The molecule has 3 aromatic carbocycles. The van der Waals surface area contributed by atoms with Crippen LogP contribution in [0.2, 0.25) is 0 Å².